The summed E-state index contributed by atoms with van der Waals surface area (Å²) >= 11 is 0. The second-order valence-electron chi connectivity index (χ2n) is 2.58. The quantitative estimate of drug-likeness (QED) is 0.334. The molecule has 0 bridgehead atoms. The van der Waals surface area contributed by atoms with Gasteiger partial charge in [0, 0.05) is 6.08 Å². The highest BCUT2D eigenvalue weighted by atomic mass is 19.4. The average Bonchev–Trinajstić information content (AvgIpc) is 2.14. The number of ether oxygens (including phenoxy) is 1. The molecule has 0 radical (unpaired) electrons. The lowest BCUT2D eigenvalue weighted by Crippen LogP contribution is -2.25. The minimum Gasteiger partial charge on any atom is -0.463 e. The van der Waals surface area contributed by atoms with Crippen molar-refractivity contribution in [2.24, 2.45) is 10.8 Å². The van der Waals surface area contributed by atoms with Crippen molar-refractivity contribution >= 4 is 18.2 Å². The number of esters is 1. The highest BCUT2D eigenvalue weighted by Gasteiger charge is 2.33. The summed E-state index contributed by atoms with van der Waals surface area (Å²) in [4.78, 5) is 21.0. The number of carbonyl (C=O) groups is 2. The number of rotatable bonds is 4. The number of urea groups is 1. The van der Waals surface area contributed by atoms with Crippen LogP contribution in [0.1, 0.15) is 6.92 Å². The molecule has 0 rings (SSSR count). The van der Waals surface area contributed by atoms with Gasteiger partial charge in [-0.2, -0.15) is 18.3 Å². The van der Waals surface area contributed by atoms with E-state index in [9.17, 15) is 22.8 Å². The van der Waals surface area contributed by atoms with Crippen molar-refractivity contribution in [3.8, 4) is 0 Å². The average molecular weight is 253 g/mol. The molecule has 0 spiro atoms. The second-order valence-corrected chi connectivity index (χ2v) is 2.58. The number of hydrogen-bond donors (Lipinski definition) is 2. The molecular weight excluding hydrogens is 243 g/mol. The molecule has 0 atom stereocenters. The van der Waals surface area contributed by atoms with Gasteiger partial charge in [0.15, 0.2) is 0 Å². The number of amides is 2. The fourth-order valence-electron chi connectivity index (χ4n) is 0.669. The van der Waals surface area contributed by atoms with Crippen LogP contribution in [-0.4, -0.2) is 31.0 Å². The van der Waals surface area contributed by atoms with E-state index in [0.29, 0.717) is 0 Å². The number of nitrogens with zero attached hydrogens (tertiary/aromatic N) is 1. The van der Waals surface area contributed by atoms with E-state index in [1.165, 1.54) is 6.92 Å². The first-order valence-corrected chi connectivity index (χ1v) is 4.31. The first-order valence-electron chi connectivity index (χ1n) is 4.31. The molecule has 0 aromatic carbocycles. The van der Waals surface area contributed by atoms with E-state index < -0.39 is 23.7 Å². The summed E-state index contributed by atoms with van der Waals surface area (Å²) in [6.45, 7) is 1.39. The van der Waals surface area contributed by atoms with Crippen LogP contribution in [0.5, 0.6) is 0 Å². The number of primary amides is 1. The van der Waals surface area contributed by atoms with Crippen molar-refractivity contribution in [2.75, 3.05) is 6.61 Å². The summed E-state index contributed by atoms with van der Waals surface area (Å²) in [5.41, 5.74) is 4.78. The number of nitrogens with two attached hydrogens (primary N) is 1. The van der Waals surface area contributed by atoms with Gasteiger partial charge in [0.05, 0.1) is 18.4 Å². The Hall–Kier alpha value is -2.06. The van der Waals surface area contributed by atoms with Crippen molar-refractivity contribution in [2.45, 2.75) is 13.1 Å². The van der Waals surface area contributed by atoms with E-state index in [2.05, 4.69) is 15.6 Å². The number of hydrazone groups is 1. The van der Waals surface area contributed by atoms with Crippen molar-refractivity contribution in [1.29, 1.82) is 0 Å². The smallest absolute Gasteiger partial charge is 0.418 e. The molecule has 96 valence electrons. The number of carbonyl (C=O) groups excluding carboxylic acids is 2. The molecule has 6 nitrogen and oxygen atoms in total. The summed E-state index contributed by atoms with van der Waals surface area (Å²) in [5.74, 6) is -1.16. The van der Waals surface area contributed by atoms with E-state index in [1.54, 1.807) is 5.43 Å². The van der Waals surface area contributed by atoms with Crippen molar-refractivity contribution in [3.63, 3.8) is 0 Å². The van der Waals surface area contributed by atoms with Crippen LogP contribution in [0.3, 0.4) is 0 Å². The van der Waals surface area contributed by atoms with Crippen LogP contribution in [0.4, 0.5) is 18.0 Å². The highest BCUT2D eigenvalue weighted by Crippen LogP contribution is 2.24. The van der Waals surface area contributed by atoms with E-state index in [-0.39, 0.29) is 18.9 Å². The summed E-state index contributed by atoms with van der Waals surface area (Å²) in [7, 11) is 0. The summed E-state index contributed by atoms with van der Waals surface area (Å²) in [6.07, 6.45) is -4.33. The van der Waals surface area contributed by atoms with Gasteiger partial charge in [0.1, 0.15) is 0 Å². The predicted molar refractivity (Wildman–Crippen MR) is 52.0 cm³/mol. The van der Waals surface area contributed by atoms with E-state index in [4.69, 9.17) is 0 Å². The van der Waals surface area contributed by atoms with Gasteiger partial charge in [-0.25, -0.2) is 15.0 Å². The van der Waals surface area contributed by atoms with Crippen LogP contribution >= 0.6 is 0 Å². The minimum atomic E-state index is -4.80. The Kier molecular flexibility index (Phi) is 5.72. The fraction of sp³-hybridized carbons (Fsp3) is 0.375. The second kappa shape index (κ2) is 6.51. The Balaban J connectivity index is 4.84. The predicted octanol–water partition coefficient (Wildman–Crippen LogP) is 0.692. The zero-order valence-electron chi connectivity index (χ0n) is 8.75. The summed E-state index contributed by atoms with van der Waals surface area (Å²) < 4.78 is 41.3. The van der Waals surface area contributed by atoms with Crippen LogP contribution < -0.4 is 11.2 Å². The molecule has 0 aliphatic rings. The van der Waals surface area contributed by atoms with Gasteiger partial charge in [-0.1, -0.05) is 0 Å². The van der Waals surface area contributed by atoms with Crippen LogP contribution in [-0.2, 0) is 9.53 Å². The Morgan fingerprint density at radius 3 is 2.47 bits per heavy atom. The molecule has 0 aliphatic heterocycles. The van der Waals surface area contributed by atoms with Gasteiger partial charge in [-0.15, -0.1) is 0 Å². The molecular formula is C8H10F3N3O3. The molecule has 0 aromatic heterocycles. The largest absolute Gasteiger partial charge is 0.463 e. The van der Waals surface area contributed by atoms with E-state index in [1.807, 2.05) is 0 Å². The summed E-state index contributed by atoms with van der Waals surface area (Å²) in [6, 6.07) is -1.13. The number of allylic oxidation sites excluding steroid dienone is 1. The van der Waals surface area contributed by atoms with Gasteiger partial charge in [-0.3, -0.25) is 0 Å². The minimum absolute atomic E-state index is 0.0584. The zero-order chi connectivity index (χ0) is 13.5. The third-order valence-corrected chi connectivity index (χ3v) is 1.27. The molecule has 0 aromatic rings. The third kappa shape index (κ3) is 6.93. The van der Waals surface area contributed by atoms with Crippen LogP contribution in [0, 0.1) is 0 Å². The third-order valence-electron chi connectivity index (χ3n) is 1.27. The fourth-order valence-corrected chi connectivity index (χ4v) is 0.669. The Morgan fingerprint density at radius 2 is 2.06 bits per heavy atom. The van der Waals surface area contributed by atoms with Crippen LogP contribution in [0.25, 0.3) is 0 Å². The van der Waals surface area contributed by atoms with Gasteiger partial charge in [0.25, 0.3) is 0 Å². The van der Waals surface area contributed by atoms with Gasteiger partial charge < -0.3 is 10.5 Å². The molecule has 0 unspecified atom stereocenters. The van der Waals surface area contributed by atoms with Crippen LogP contribution in [0.15, 0.2) is 16.8 Å². The van der Waals surface area contributed by atoms with Crippen molar-refractivity contribution in [1.82, 2.24) is 5.43 Å². The Labute approximate surface area is 94.3 Å². The number of alkyl halides is 3. The van der Waals surface area contributed by atoms with Gasteiger partial charge >= 0.3 is 18.2 Å². The van der Waals surface area contributed by atoms with E-state index in [0.717, 1.165) is 0 Å². The topological polar surface area (TPSA) is 93.8 Å². The first-order chi connectivity index (χ1) is 7.77. The maximum Gasteiger partial charge on any atom is 0.418 e. The molecule has 0 heterocycles. The molecule has 0 saturated heterocycles. The van der Waals surface area contributed by atoms with Gasteiger partial charge in [-0.05, 0) is 6.92 Å². The maximum atomic E-state index is 12.3. The first kappa shape index (κ1) is 14.9. The summed E-state index contributed by atoms with van der Waals surface area (Å²) in [5, 5.41) is 2.91. The SMILES string of the molecule is CCOC(=O)C=C(C=NNC(N)=O)C(F)(F)F. The van der Waals surface area contributed by atoms with Gasteiger partial charge in [0.2, 0.25) is 0 Å². The highest BCUT2D eigenvalue weighted by molar-refractivity contribution is 5.92. The zero-order valence-corrected chi connectivity index (χ0v) is 8.75. The molecule has 0 fully saturated rings. The molecule has 0 aliphatic carbocycles. The van der Waals surface area contributed by atoms with Crippen molar-refractivity contribution in [3.05, 3.63) is 11.6 Å². The normalized spacial score (nSPS) is 12.6. The lowest BCUT2D eigenvalue weighted by atomic mass is 10.2. The Morgan fingerprint density at radius 1 is 1.47 bits per heavy atom. The van der Waals surface area contributed by atoms with Crippen molar-refractivity contribution < 1.29 is 27.5 Å². The Bertz CT molecular complexity index is 350. The number of halogens is 3. The molecule has 3 N–H and O–H groups in total. The maximum absolute atomic E-state index is 12.3. The lowest BCUT2D eigenvalue weighted by Gasteiger charge is -2.06. The molecule has 2 amide bonds. The standard InChI is InChI=1S/C8H10F3N3O3/c1-2-17-6(15)3-5(8(9,10)11)4-13-14-7(12)16/h3-4H,2H2,1H3,(H3,12,14,16). The lowest BCUT2D eigenvalue weighted by molar-refractivity contribution is -0.138. The number of hydrogen-bond acceptors (Lipinski definition) is 4. The van der Waals surface area contributed by atoms with Crippen LogP contribution in [0.2, 0.25) is 0 Å². The van der Waals surface area contributed by atoms with E-state index >= 15 is 0 Å². The monoisotopic (exact) mass is 253 g/mol. The number of nitrogens with one attached hydrogen (secondary N) is 1. The molecule has 9 heteroatoms. The molecule has 17 heavy (non-hydrogen) atoms. The molecule has 0 saturated carbocycles.